The van der Waals surface area contributed by atoms with Gasteiger partial charge in [0, 0.05) is 6.04 Å². The van der Waals surface area contributed by atoms with Crippen LogP contribution < -0.4 is 5.73 Å². The topological polar surface area (TPSA) is 26.0 Å². The van der Waals surface area contributed by atoms with E-state index in [-0.39, 0.29) is 0 Å². The van der Waals surface area contributed by atoms with Crippen LogP contribution in [0.5, 0.6) is 0 Å². The Kier molecular flexibility index (Phi) is 4.22. The highest BCUT2D eigenvalue weighted by molar-refractivity contribution is 4.87. The molecule has 0 heterocycles. The van der Waals surface area contributed by atoms with E-state index < -0.39 is 0 Å². The molecule has 0 saturated heterocycles. The van der Waals surface area contributed by atoms with Crippen LogP contribution in [0.25, 0.3) is 0 Å². The summed E-state index contributed by atoms with van der Waals surface area (Å²) in [6, 6.07) is 0.464. The Labute approximate surface area is 95.8 Å². The van der Waals surface area contributed by atoms with Crippen molar-refractivity contribution in [3.05, 3.63) is 0 Å². The second-order valence-electron chi connectivity index (χ2n) is 6.93. The van der Waals surface area contributed by atoms with Crippen molar-refractivity contribution in [1.29, 1.82) is 0 Å². The first-order valence-electron chi connectivity index (χ1n) is 6.56. The van der Waals surface area contributed by atoms with Gasteiger partial charge in [-0.25, -0.2) is 0 Å². The minimum absolute atomic E-state index is 0.464. The minimum atomic E-state index is 0.464. The monoisotopic (exact) mass is 211 g/mol. The molecule has 0 amide bonds. The lowest BCUT2D eigenvalue weighted by molar-refractivity contribution is 0.116. The van der Waals surface area contributed by atoms with E-state index in [0.717, 1.165) is 17.8 Å². The molecule has 0 bridgehead atoms. The van der Waals surface area contributed by atoms with Crippen molar-refractivity contribution >= 4 is 0 Å². The summed E-state index contributed by atoms with van der Waals surface area (Å²) in [6.45, 7) is 11.8. The summed E-state index contributed by atoms with van der Waals surface area (Å²) < 4.78 is 0. The summed E-state index contributed by atoms with van der Waals surface area (Å²) in [5.41, 5.74) is 6.70. The molecular formula is C14H29N. The highest BCUT2D eigenvalue weighted by Gasteiger charge is 2.34. The van der Waals surface area contributed by atoms with E-state index in [1.807, 2.05) is 0 Å². The van der Waals surface area contributed by atoms with Gasteiger partial charge in [-0.15, -0.1) is 0 Å². The van der Waals surface area contributed by atoms with Crippen molar-refractivity contribution in [2.45, 2.75) is 66.3 Å². The molecule has 0 aromatic heterocycles. The first-order chi connectivity index (χ1) is 6.80. The Morgan fingerprint density at radius 3 is 2.27 bits per heavy atom. The van der Waals surface area contributed by atoms with E-state index in [4.69, 9.17) is 5.73 Å². The average Bonchev–Trinajstić information content (AvgIpc) is 2.06. The fourth-order valence-corrected chi connectivity index (χ4v) is 2.95. The number of hydrogen-bond acceptors (Lipinski definition) is 1. The molecule has 15 heavy (non-hydrogen) atoms. The Bertz CT molecular complexity index is 190. The van der Waals surface area contributed by atoms with Gasteiger partial charge in [0.25, 0.3) is 0 Å². The molecule has 1 aliphatic carbocycles. The maximum absolute atomic E-state index is 6.23. The molecule has 0 radical (unpaired) electrons. The van der Waals surface area contributed by atoms with E-state index in [0.29, 0.717) is 11.5 Å². The van der Waals surface area contributed by atoms with Crippen LogP contribution in [0.2, 0.25) is 0 Å². The zero-order valence-electron chi connectivity index (χ0n) is 11.2. The van der Waals surface area contributed by atoms with Gasteiger partial charge in [-0.1, -0.05) is 34.6 Å². The van der Waals surface area contributed by atoms with Crippen LogP contribution in [-0.2, 0) is 0 Å². The van der Waals surface area contributed by atoms with Crippen LogP contribution in [-0.4, -0.2) is 6.04 Å². The van der Waals surface area contributed by atoms with Crippen LogP contribution in [0, 0.1) is 23.2 Å². The van der Waals surface area contributed by atoms with Crippen molar-refractivity contribution in [3.8, 4) is 0 Å². The quantitative estimate of drug-likeness (QED) is 0.738. The SMILES string of the molecule is CC(C)CC1CC(C(C)(C)C)CCC1N. The fraction of sp³-hybridized carbons (Fsp3) is 1.00. The van der Waals surface area contributed by atoms with Gasteiger partial charge < -0.3 is 5.73 Å². The van der Waals surface area contributed by atoms with Crippen molar-refractivity contribution < 1.29 is 0 Å². The maximum atomic E-state index is 6.23. The number of hydrogen-bond donors (Lipinski definition) is 1. The Hall–Kier alpha value is -0.0400. The third-order valence-corrected chi connectivity index (χ3v) is 4.04. The predicted octanol–water partition coefficient (Wildman–Crippen LogP) is 3.82. The van der Waals surface area contributed by atoms with Gasteiger partial charge in [-0.2, -0.15) is 0 Å². The summed E-state index contributed by atoms with van der Waals surface area (Å²) in [5.74, 6) is 2.43. The summed E-state index contributed by atoms with van der Waals surface area (Å²) in [4.78, 5) is 0. The smallest absolute Gasteiger partial charge is 0.00674 e. The van der Waals surface area contributed by atoms with Gasteiger partial charge in [0.05, 0.1) is 0 Å². The van der Waals surface area contributed by atoms with Crippen LogP contribution in [0.15, 0.2) is 0 Å². The molecule has 1 rings (SSSR count). The van der Waals surface area contributed by atoms with Gasteiger partial charge in [0.15, 0.2) is 0 Å². The van der Waals surface area contributed by atoms with E-state index in [2.05, 4.69) is 34.6 Å². The zero-order chi connectivity index (χ0) is 11.6. The largest absolute Gasteiger partial charge is 0.327 e. The lowest BCUT2D eigenvalue weighted by Crippen LogP contribution is -2.40. The molecule has 1 heteroatoms. The van der Waals surface area contributed by atoms with E-state index in [1.54, 1.807) is 0 Å². The third kappa shape index (κ3) is 3.79. The predicted molar refractivity (Wildman–Crippen MR) is 67.7 cm³/mol. The molecule has 0 aromatic rings. The van der Waals surface area contributed by atoms with Gasteiger partial charge in [-0.3, -0.25) is 0 Å². The molecule has 3 atom stereocenters. The molecule has 2 N–H and O–H groups in total. The summed E-state index contributed by atoms with van der Waals surface area (Å²) in [6.07, 6.45) is 5.23. The molecular weight excluding hydrogens is 182 g/mol. The van der Waals surface area contributed by atoms with E-state index in [9.17, 15) is 0 Å². The molecule has 1 fully saturated rings. The zero-order valence-corrected chi connectivity index (χ0v) is 11.2. The Balaban J connectivity index is 2.56. The molecule has 90 valence electrons. The first-order valence-corrected chi connectivity index (χ1v) is 6.56. The lowest BCUT2D eigenvalue weighted by Gasteiger charge is -2.41. The number of nitrogens with two attached hydrogens (primary N) is 1. The minimum Gasteiger partial charge on any atom is -0.327 e. The molecule has 0 spiro atoms. The van der Waals surface area contributed by atoms with Crippen molar-refractivity contribution in [2.75, 3.05) is 0 Å². The first kappa shape index (κ1) is 13.0. The maximum Gasteiger partial charge on any atom is 0.00674 e. The normalized spacial score (nSPS) is 33.4. The van der Waals surface area contributed by atoms with Crippen LogP contribution in [0.4, 0.5) is 0 Å². The van der Waals surface area contributed by atoms with Crippen LogP contribution >= 0.6 is 0 Å². The Morgan fingerprint density at radius 1 is 1.20 bits per heavy atom. The molecule has 0 aromatic carbocycles. The molecule has 1 saturated carbocycles. The fourth-order valence-electron chi connectivity index (χ4n) is 2.95. The standard InChI is InChI=1S/C14H29N/c1-10(2)8-11-9-12(14(3,4)5)6-7-13(11)15/h10-13H,6-9,15H2,1-5H3. The number of rotatable bonds is 2. The van der Waals surface area contributed by atoms with Gasteiger partial charge in [-0.05, 0) is 48.9 Å². The van der Waals surface area contributed by atoms with Crippen molar-refractivity contribution in [3.63, 3.8) is 0 Å². The van der Waals surface area contributed by atoms with E-state index in [1.165, 1.54) is 25.7 Å². The molecule has 3 unspecified atom stereocenters. The average molecular weight is 211 g/mol. The third-order valence-electron chi connectivity index (χ3n) is 4.04. The molecule has 1 aliphatic rings. The van der Waals surface area contributed by atoms with E-state index >= 15 is 0 Å². The van der Waals surface area contributed by atoms with Crippen LogP contribution in [0.1, 0.15) is 60.3 Å². The van der Waals surface area contributed by atoms with Gasteiger partial charge in [0.1, 0.15) is 0 Å². The Morgan fingerprint density at radius 2 is 1.80 bits per heavy atom. The summed E-state index contributed by atoms with van der Waals surface area (Å²) in [5, 5.41) is 0. The summed E-state index contributed by atoms with van der Waals surface area (Å²) in [7, 11) is 0. The highest BCUT2D eigenvalue weighted by atomic mass is 14.7. The molecule has 1 nitrogen and oxygen atoms in total. The second-order valence-corrected chi connectivity index (χ2v) is 6.93. The van der Waals surface area contributed by atoms with Gasteiger partial charge >= 0.3 is 0 Å². The van der Waals surface area contributed by atoms with Crippen molar-refractivity contribution in [1.82, 2.24) is 0 Å². The van der Waals surface area contributed by atoms with Crippen molar-refractivity contribution in [2.24, 2.45) is 28.9 Å². The lowest BCUT2D eigenvalue weighted by atomic mass is 9.66. The van der Waals surface area contributed by atoms with Crippen LogP contribution in [0.3, 0.4) is 0 Å². The second kappa shape index (κ2) is 4.86. The molecule has 0 aliphatic heterocycles. The van der Waals surface area contributed by atoms with Gasteiger partial charge in [0.2, 0.25) is 0 Å². The highest BCUT2D eigenvalue weighted by Crippen LogP contribution is 2.41. The summed E-state index contributed by atoms with van der Waals surface area (Å²) >= 11 is 0.